The molecule has 1 saturated heterocycles. The predicted molar refractivity (Wildman–Crippen MR) is 104 cm³/mol. The molecule has 0 spiro atoms. The molecule has 1 aliphatic heterocycles. The Bertz CT molecular complexity index is 851. The number of para-hydroxylation sites is 1. The fourth-order valence-electron chi connectivity index (χ4n) is 3.55. The van der Waals surface area contributed by atoms with Crippen molar-refractivity contribution < 1.29 is 19.1 Å². The molecule has 1 unspecified atom stereocenters. The van der Waals surface area contributed by atoms with Gasteiger partial charge in [-0.15, -0.1) is 0 Å². The van der Waals surface area contributed by atoms with Gasteiger partial charge in [-0.2, -0.15) is 0 Å². The van der Waals surface area contributed by atoms with Crippen LogP contribution in [0, 0.1) is 11.7 Å². The Balaban J connectivity index is 1.84. The Morgan fingerprint density at radius 2 is 1.86 bits per heavy atom. The van der Waals surface area contributed by atoms with Gasteiger partial charge in [0.05, 0.1) is 11.6 Å². The monoisotopic (exact) mass is 384 g/mol. The standard InChI is InChI=1S/C22H25FN2O3/c1-15(2)19-14-24(22(28)18-5-3-4-6-20(18)26)12-11-21(27)25(19)13-16-7-9-17(23)10-8-16/h3-10,15,19,26H,11-14H2,1-2H3. The van der Waals surface area contributed by atoms with E-state index in [9.17, 15) is 19.1 Å². The highest BCUT2D eigenvalue weighted by Crippen LogP contribution is 2.24. The molecule has 5 nitrogen and oxygen atoms in total. The third-order valence-electron chi connectivity index (χ3n) is 5.18. The van der Waals surface area contributed by atoms with Gasteiger partial charge in [-0.05, 0) is 35.7 Å². The lowest BCUT2D eigenvalue weighted by molar-refractivity contribution is -0.134. The Labute approximate surface area is 164 Å². The summed E-state index contributed by atoms with van der Waals surface area (Å²) in [5.74, 6) is -0.559. The summed E-state index contributed by atoms with van der Waals surface area (Å²) in [6.45, 7) is 5.10. The number of carbonyl (C=O) groups excluding carboxylic acids is 2. The topological polar surface area (TPSA) is 60.9 Å². The molecule has 2 amide bonds. The van der Waals surface area contributed by atoms with Crippen molar-refractivity contribution in [3.63, 3.8) is 0 Å². The molecule has 28 heavy (non-hydrogen) atoms. The number of phenolic OH excluding ortho intramolecular Hbond substituents is 1. The number of carbonyl (C=O) groups is 2. The summed E-state index contributed by atoms with van der Waals surface area (Å²) in [6, 6.07) is 12.4. The number of phenols is 1. The number of benzene rings is 2. The molecular weight excluding hydrogens is 359 g/mol. The van der Waals surface area contributed by atoms with E-state index >= 15 is 0 Å². The van der Waals surface area contributed by atoms with E-state index in [4.69, 9.17) is 0 Å². The Morgan fingerprint density at radius 1 is 1.18 bits per heavy atom. The maximum absolute atomic E-state index is 13.2. The fourth-order valence-corrected chi connectivity index (χ4v) is 3.55. The van der Waals surface area contributed by atoms with Gasteiger partial charge in [0.1, 0.15) is 11.6 Å². The third-order valence-corrected chi connectivity index (χ3v) is 5.18. The highest BCUT2D eigenvalue weighted by atomic mass is 19.1. The van der Waals surface area contributed by atoms with Crippen LogP contribution < -0.4 is 0 Å². The lowest BCUT2D eigenvalue weighted by Crippen LogP contribution is -2.47. The summed E-state index contributed by atoms with van der Waals surface area (Å²) in [7, 11) is 0. The number of hydrogen-bond acceptors (Lipinski definition) is 3. The lowest BCUT2D eigenvalue weighted by atomic mass is 10.0. The van der Waals surface area contributed by atoms with Gasteiger partial charge in [-0.1, -0.05) is 38.1 Å². The second-order valence-electron chi connectivity index (χ2n) is 7.48. The average molecular weight is 384 g/mol. The van der Waals surface area contributed by atoms with Crippen molar-refractivity contribution in [2.75, 3.05) is 13.1 Å². The number of rotatable bonds is 4. The van der Waals surface area contributed by atoms with Crippen molar-refractivity contribution in [2.45, 2.75) is 32.9 Å². The lowest BCUT2D eigenvalue weighted by Gasteiger charge is -2.34. The molecule has 2 aromatic rings. The van der Waals surface area contributed by atoms with Crippen LogP contribution in [0.2, 0.25) is 0 Å². The SMILES string of the molecule is CC(C)C1CN(C(=O)c2ccccc2O)CCC(=O)N1Cc1ccc(F)cc1. The second-order valence-corrected chi connectivity index (χ2v) is 7.48. The van der Waals surface area contributed by atoms with Gasteiger partial charge in [0.2, 0.25) is 5.91 Å². The van der Waals surface area contributed by atoms with Crippen LogP contribution in [0.25, 0.3) is 0 Å². The summed E-state index contributed by atoms with van der Waals surface area (Å²) in [5, 5.41) is 10.0. The maximum atomic E-state index is 13.2. The number of nitrogens with zero attached hydrogens (tertiary/aromatic N) is 2. The molecule has 1 aliphatic rings. The summed E-state index contributed by atoms with van der Waals surface area (Å²) in [5.41, 5.74) is 1.09. The fraction of sp³-hybridized carbons (Fsp3) is 0.364. The summed E-state index contributed by atoms with van der Waals surface area (Å²) < 4.78 is 13.2. The van der Waals surface area contributed by atoms with Gasteiger partial charge in [-0.3, -0.25) is 9.59 Å². The first-order valence-corrected chi connectivity index (χ1v) is 9.48. The van der Waals surface area contributed by atoms with Gasteiger partial charge >= 0.3 is 0 Å². The van der Waals surface area contributed by atoms with E-state index < -0.39 is 0 Å². The van der Waals surface area contributed by atoms with Gasteiger partial charge in [0.25, 0.3) is 5.91 Å². The molecule has 0 aromatic heterocycles. The van der Waals surface area contributed by atoms with Crippen molar-refractivity contribution >= 4 is 11.8 Å². The molecule has 0 bridgehead atoms. The molecule has 0 aliphatic carbocycles. The highest BCUT2D eigenvalue weighted by molar-refractivity contribution is 5.97. The van der Waals surface area contributed by atoms with Gasteiger partial charge in [-0.25, -0.2) is 4.39 Å². The summed E-state index contributed by atoms with van der Waals surface area (Å²) in [6.07, 6.45) is 0.212. The van der Waals surface area contributed by atoms with Gasteiger partial charge in [0, 0.05) is 26.1 Å². The van der Waals surface area contributed by atoms with Crippen LogP contribution in [0.1, 0.15) is 36.2 Å². The molecule has 2 aromatic carbocycles. The number of halogens is 1. The summed E-state index contributed by atoms with van der Waals surface area (Å²) in [4.78, 5) is 29.2. The van der Waals surface area contributed by atoms with E-state index in [-0.39, 0.29) is 47.3 Å². The van der Waals surface area contributed by atoms with Crippen LogP contribution in [0.5, 0.6) is 5.75 Å². The second kappa shape index (κ2) is 8.42. The zero-order valence-corrected chi connectivity index (χ0v) is 16.1. The predicted octanol–water partition coefficient (Wildman–Crippen LogP) is 3.43. The molecular formula is C22H25FN2O3. The third kappa shape index (κ3) is 4.32. The molecule has 0 saturated carbocycles. The van der Waals surface area contributed by atoms with Gasteiger partial charge in [0.15, 0.2) is 0 Å². The van der Waals surface area contributed by atoms with Crippen LogP contribution in [-0.4, -0.2) is 45.9 Å². The average Bonchev–Trinajstić information content (AvgIpc) is 2.83. The normalized spacial score (nSPS) is 17.7. The van der Waals surface area contributed by atoms with Crippen LogP contribution in [0.15, 0.2) is 48.5 Å². The van der Waals surface area contributed by atoms with Crippen molar-refractivity contribution in [3.05, 3.63) is 65.5 Å². The highest BCUT2D eigenvalue weighted by Gasteiger charge is 2.34. The van der Waals surface area contributed by atoms with E-state index in [1.165, 1.54) is 18.2 Å². The van der Waals surface area contributed by atoms with E-state index in [0.717, 1.165) is 5.56 Å². The molecule has 3 rings (SSSR count). The zero-order chi connectivity index (χ0) is 20.3. The minimum Gasteiger partial charge on any atom is -0.507 e. The largest absolute Gasteiger partial charge is 0.507 e. The van der Waals surface area contributed by atoms with E-state index in [1.54, 1.807) is 40.1 Å². The van der Waals surface area contributed by atoms with E-state index in [1.807, 2.05) is 13.8 Å². The van der Waals surface area contributed by atoms with Crippen LogP contribution >= 0.6 is 0 Å². The van der Waals surface area contributed by atoms with Gasteiger partial charge < -0.3 is 14.9 Å². The van der Waals surface area contributed by atoms with E-state index in [2.05, 4.69) is 0 Å². The quantitative estimate of drug-likeness (QED) is 0.879. The molecule has 148 valence electrons. The molecule has 1 atom stereocenters. The minimum absolute atomic E-state index is 0.0318. The summed E-state index contributed by atoms with van der Waals surface area (Å²) >= 11 is 0. The molecule has 6 heteroatoms. The first kappa shape index (κ1) is 19.9. The molecule has 1 fully saturated rings. The first-order valence-electron chi connectivity index (χ1n) is 9.48. The number of aromatic hydroxyl groups is 1. The number of hydrogen-bond donors (Lipinski definition) is 1. The molecule has 0 radical (unpaired) electrons. The van der Waals surface area contributed by atoms with Crippen molar-refractivity contribution in [2.24, 2.45) is 5.92 Å². The Kier molecular flexibility index (Phi) is 5.97. The van der Waals surface area contributed by atoms with E-state index in [0.29, 0.717) is 19.6 Å². The van der Waals surface area contributed by atoms with Crippen molar-refractivity contribution in [3.8, 4) is 5.75 Å². The van der Waals surface area contributed by atoms with Crippen LogP contribution in [0.3, 0.4) is 0 Å². The smallest absolute Gasteiger partial charge is 0.257 e. The minimum atomic E-state index is -0.314. The molecule has 1 heterocycles. The van der Waals surface area contributed by atoms with Crippen LogP contribution in [0.4, 0.5) is 4.39 Å². The Morgan fingerprint density at radius 3 is 2.50 bits per heavy atom. The Hall–Kier alpha value is -2.89. The van der Waals surface area contributed by atoms with Crippen LogP contribution in [-0.2, 0) is 11.3 Å². The zero-order valence-electron chi connectivity index (χ0n) is 16.1. The molecule has 1 N–H and O–H groups in total. The number of amides is 2. The first-order chi connectivity index (χ1) is 13.4. The maximum Gasteiger partial charge on any atom is 0.257 e. The van der Waals surface area contributed by atoms with Crippen molar-refractivity contribution in [1.82, 2.24) is 9.80 Å². The van der Waals surface area contributed by atoms with Crippen molar-refractivity contribution in [1.29, 1.82) is 0 Å².